The number of aromatic nitrogens is 4. The molecule has 2 aromatic heterocycles. The number of hydrogen-bond acceptors (Lipinski definition) is 4. The van der Waals surface area contributed by atoms with Crippen molar-refractivity contribution in [1.29, 1.82) is 0 Å². The van der Waals surface area contributed by atoms with Crippen LogP contribution in [0.15, 0.2) is 54.7 Å². The van der Waals surface area contributed by atoms with E-state index in [4.69, 9.17) is 0 Å². The van der Waals surface area contributed by atoms with Crippen LogP contribution in [0.25, 0.3) is 11.4 Å². The van der Waals surface area contributed by atoms with Gasteiger partial charge in [0.2, 0.25) is 0 Å². The van der Waals surface area contributed by atoms with Gasteiger partial charge >= 0.3 is 0 Å². The molecule has 2 atom stereocenters. The monoisotopic (exact) mass is 337 g/mol. The van der Waals surface area contributed by atoms with Gasteiger partial charge in [-0.1, -0.05) is 36.4 Å². The molecule has 0 unspecified atom stereocenters. The molecule has 3 aromatic rings. The second-order valence-electron chi connectivity index (χ2n) is 6.45. The van der Waals surface area contributed by atoms with Gasteiger partial charge in [-0.05, 0) is 12.1 Å². The van der Waals surface area contributed by atoms with E-state index in [1.54, 1.807) is 6.20 Å². The lowest BCUT2D eigenvalue weighted by molar-refractivity contribution is 0.293. The molecule has 1 aliphatic heterocycles. The van der Waals surface area contributed by atoms with Crippen molar-refractivity contribution in [1.82, 2.24) is 25.1 Å². The van der Waals surface area contributed by atoms with Gasteiger partial charge in [-0.2, -0.15) is 5.10 Å². The fourth-order valence-corrected chi connectivity index (χ4v) is 3.43. The van der Waals surface area contributed by atoms with E-state index in [1.807, 2.05) is 48.5 Å². The molecule has 0 amide bonds. The van der Waals surface area contributed by atoms with Crippen LogP contribution in [0.4, 0.5) is 4.39 Å². The number of alkyl halides is 1. The number of aromatic amines is 1. The molecule has 3 heterocycles. The molecular formula is C19H20FN5. The molecule has 0 spiro atoms. The zero-order valence-corrected chi connectivity index (χ0v) is 13.8. The van der Waals surface area contributed by atoms with Gasteiger partial charge in [0.25, 0.3) is 0 Å². The van der Waals surface area contributed by atoms with Crippen molar-refractivity contribution in [2.45, 2.75) is 12.5 Å². The van der Waals surface area contributed by atoms with E-state index in [1.165, 1.54) is 0 Å². The molecule has 0 radical (unpaired) electrons. The van der Waals surface area contributed by atoms with Crippen molar-refractivity contribution in [3.63, 3.8) is 0 Å². The first-order chi connectivity index (χ1) is 12.3. The summed E-state index contributed by atoms with van der Waals surface area (Å²) in [5.41, 5.74) is 1.97. The Balaban J connectivity index is 1.50. The average molecular weight is 337 g/mol. The van der Waals surface area contributed by atoms with Crippen molar-refractivity contribution in [2.24, 2.45) is 5.92 Å². The maximum absolute atomic E-state index is 13.6. The van der Waals surface area contributed by atoms with Crippen LogP contribution in [0.5, 0.6) is 0 Å². The topological polar surface area (TPSA) is 57.7 Å². The van der Waals surface area contributed by atoms with Gasteiger partial charge in [-0.3, -0.25) is 19.4 Å². The molecule has 1 saturated heterocycles. The van der Waals surface area contributed by atoms with E-state index in [2.05, 4.69) is 25.1 Å². The smallest absolute Gasteiger partial charge is 0.181 e. The van der Waals surface area contributed by atoms with Crippen molar-refractivity contribution < 1.29 is 4.39 Å². The molecule has 4 rings (SSSR count). The van der Waals surface area contributed by atoms with Gasteiger partial charge in [-0.15, -0.1) is 0 Å². The maximum Gasteiger partial charge on any atom is 0.181 e. The summed E-state index contributed by atoms with van der Waals surface area (Å²) in [6.07, 6.45) is 1.79. The molecule has 1 N–H and O–H groups in total. The Kier molecular flexibility index (Phi) is 4.52. The SMILES string of the molecule is FC[C@@H]1CN(Cc2ccccn2)C[C@H]1c1nc(-c2ccccc2)n[nH]1. The average Bonchev–Trinajstić information content (AvgIpc) is 3.30. The highest BCUT2D eigenvalue weighted by atomic mass is 19.1. The third kappa shape index (κ3) is 3.44. The molecule has 5 nitrogen and oxygen atoms in total. The van der Waals surface area contributed by atoms with Gasteiger partial charge < -0.3 is 0 Å². The maximum atomic E-state index is 13.6. The standard InChI is InChI=1S/C19H20FN5/c20-10-15-11-25(12-16-8-4-5-9-21-16)13-17(15)19-22-18(23-24-19)14-6-2-1-3-7-14/h1-9,15,17H,10-13H2,(H,22,23,24)/t15-,17-/m1/s1. The zero-order chi connectivity index (χ0) is 17.1. The van der Waals surface area contributed by atoms with E-state index < -0.39 is 0 Å². The number of rotatable bonds is 5. The molecule has 1 fully saturated rings. The molecule has 128 valence electrons. The van der Waals surface area contributed by atoms with Gasteiger partial charge in [0.15, 0.2) is 5.82 Å². The Morgan fingerprint density at radius 2 is 1.92 bits per heavy atom. The molecule has 0 saturated carbocycles. The number of nitrogens with one attached hydrogen (secondary N) is 1. The summed E-state index contributed by atoms with van der Waals surface area (Å²) in [5.74, 6) is 1.39. The van der Waals surface area contributed by atoms with Gasteiger partial charge in [0.1, 0.15) is 5.82 Å². The Labute approximate surface area is 145 Å². The van der Waals surface area contributed by atoms with Crippen molar-refractivity contribution in [2.75, 3.05) is 19.8 Å². The first-order valence-electron chi connectivity index (χ1n) is 8.49. The number of pyridine rings is 1. The van der Waals surface area contributed by atoms with E-state index in [9.17, 15) is 4.39 Å². The second-order valence-corrected chi connectivity index (χ2v) is 6.45. The Bertz CT molecular complexity index is 805. The number of halogens is 1. The van der Waals surface area contributed by atoms with Crippen molar-refractivity contribution in [3.8, 4) is 11.4 Å². The highest BCUT2D eigenvalue weighted by Gasteiger charge is 2.36. The molecule has 1 aromatic carbocycles. The third-order valence-corrected chi connectivity index (χ3v) is 4.71. The van der Waals surface area contributed by atoms with Crippen LogP contribution in [0, 0.1) is 5.92 Å². The van der Waals surface area contributed by atoms with Crippen molar-refractivity contribution >= 4 is 0 Å². The highest BCUT2D eigenvalue weighted by Crippen LogP contribution is 2.32. The first kappa shape index (κ1) is 15.9. The fraction of sp³-hybridized carbons (Fsp3) is 0.316. The summed E-state index contributed by atoms with van der Waals surface area (Å²) < 4.78 is 13.6. The van der Waals surface area contributed by atoms with E-state index in [0.717, 1.165) is 30.2 Å². The highest BCUT2D eigenvalue weighted by molar-refractivity contribution is 5.53. The van der Waals surface area contributed by atoms with Crippen LogP contribution in [0.2, 0.25) is 0 Å². The fourth-order valence-electron chi connectivity index (χ4n) is 3.43. The largest absolute Gasteiger partial charge is 0.296 e. The Hall–Kier alpha value is -2.60. The van der Waals surface area contributed by atoms with Crippen LogP contribution in [0.3, 0.4) is 0 Å². The lowest BCUT2D eigenvalue weighted by atomic mass is 9.97. The van der Waals surface area contributed by atoms with Crippen molar-refractivity contribution in [3.05, 3.63) is 66.2 Å². The van der Waals surface area contributed by atoms with Crippen LogP contribution < -0.4 is 0 Å². The Morgan fingerprint density at radius 1 is 1.08 bits per heavy atom. The van der Waals surface area contributed by atoms with Crippen LogP contribution in [-0.4, -0.2) is 44.8 Å². The predicted molar refractivity (Wildman–Crippen MR) is 93.5 cm³/mol. The first-order valence-corrected chi connectivity index (χ1v) is 8.49. The van der Waals surface area contributed by atoms with Crippen LogP contribution >= 0.6 is 0 Å². The summed E-state index contributed by atoms with van der Waals surface area (Å²) in [5, 5.41) is 7.34. The number of nitrogens with zero attached hydrogens (tertiary/aromatic N) is 4. The summed E-state index contributed by atoms with van der Waals surface area (Å²) in [7, 11) is 0. The molecule has 25 heavy (non-hydrogen) atoms. The molecule has 1 aliphatic rings. The summed E-state index contributed by atoms with van der Waals surface area (Å²) in [6, 6.07) is 15.7. The summed E-state index contributed by atoms with van der Waals surface area (Å²) in [4.78, 5) is 11.2. The lowest BCUT2D eigenvalue weighted by Gasteiger charge is -2.14. The molecule has 6 heteroatoms. The minimum atomic E-state index is -0.356. The normalized spacial score (nSPS) is 20.8. The second kappa shape index (κ2) is 7.11. The number of H-pyrrole nitrogens is 1. The third-order valence-electron chi connectivity index (χ3n) is 4.71. The summed E-state index contributed by atoms with van der Waals surface area (Å²) in [6.45, 7) is 1.84. The molecular weight excluding hydrogens is 317 g/mol. The minimum absolute atomic E-state index is 0.0266. The van der Waals surface area contributed by atoms with Gasteiger partial charge in [-0.25, -0.2) is 4.98 Å². The number of likely N-dealkylation sites (tertiary alicyclic amines) is 1. The Morgan fingerprint density at radius 3 is 2.68 bits per heavy atom. The number of hydrogen-bond donors (Lipinski definition) is 1. The quantitative estimate of drug-likeness (QED) is 0.777. The van der Waals surface area contributed by atoms with E-state index in [0.29, 0.717) is 12.4 Å². The minimum Gasteiger partial charge on any atom is -0.296 e. The van der Waals surface area contributed by atoms with Gasteiger partial charge in [0, 0.05) is 43.2 Å². The van der Waals surface area contributed by atoms with Crippen LogP contribution in [0.1, 0.15) is 17.4 Å². The number of benzene rings is 1. The molecule has 0 aliphatic carbocycles. The van der Waals surface area contributed by atoms with Crippen LogP contribution in [-0.2, 0) is 6.54 Å². The zero-order valence-electron chi connectivity index (χ0n) is 13.8. The summed E-state index contributed by atoms with van der Waals surface area (Å²) >= 11 is 0. The predicted octanol–water partition coefficient (Wildman–Crippen LogP) is 3.05. The lowest BCUT2D eigenvalue weighted by Crippen LogP contribution is -2.21. The van der Waals surface area contributed by atoms with E-state index in [-0.39, 0.29) is 18.5 Å². The van der Waals surface area contributed by atoms with E-state index >= 15 is 0 Å². The molecule has 0 bridgehead atoms. The van der Waals surface area contributed by atoms with Gasteiger partial charge in [0.05, 0.1) is 12.4 Å².